The molecule has 0 amide bonds. The zero-order valence-corrected chi connectivity index (χ0v) is 16.2. The van der Waals surface area contributed by atoms with E-state index in [0.29, 0.717) is 14.5 Å². The fourth-order valence-electron chi connectivity index (χ4n) is 1.97. The van der Waals surface area contributed by atoms with Crippen LogP contribution in [0.4, 0.5) is 0 Å². The normalized spacial score (nSPS) is 12.0. The average Bonchev–Trinajstić information content (AvgIpc) is 2.55. The van der Waals surface area contributed by atoms with Crippen molar-refractivity contribution >= 4 is 47.8 Å². The van der Waals surface area contributed by atoms with Crippen molar-refractivity contribution in [3.8, 4) is 6.07 Å². The van der Waals surface area contributed by atoms with Gasteiger partial charge in [-0.15, -0.1) is 0 Å². The highest BCUT2D eigenvalue weighted by molar-refractivity contribution is 9.11. The summed E-state index contributed by atoms with van der Waals surface area (Å²) in [6.45, 7) is 2.04. The fourth-order valence-corrected chi connectivity index (χ4v) is 4.63. The van der Waals surface area contributed by atoms with Crippen LogP contribution in [0.25, 0.3) is 6.08 Å². The number of halogens is 2. The first-order chi connectivity index (χ1) is 10.9. The molecule has 0 fully saturated rings. The number of nitrogens with zero attached hydrogens (tertiary/aromatic N) is 1. The van der Waals surface area contributed by atoms with Crippen LogP contribution in [0.3, 0.4) is 0 Å². The predicted octanol–water partition coefficient (Wildman–Crippen LogP) is 5.11. The molecule has 2 aromatic rings. The van der Waals surface area contributed by atoms with Gasteiger partial charge in [-0.25, -0.2) is 8.42 Å². The highest BCUT2D eigenvalue weighted by atomic mass is 79.9. The predicted molar refractivity (Wildman–Crippen MR) is 98.4 cm³/mol. The van der Waals surface area contributed by atoms with Gasteiger partial charge in [0.1, 0.15) is 11.0 Å². The Bertz CT molecular complexity index is 895. The van der Waals surface area contributed by atoms with Gasteiger partial charge in [0.05, 0.1) is 4.90 Å². The second-order valence-corrected chi connectivity index (χ2v) is 8.45. The van der Waals surface area contributed by atoms with Gasteiger partial charge in [0.2, 0.25) is 9.84 Å². The first kappa shape index (κ1) is 17.9. The Kier molecular flexibility index (Phi) is 5.79. The Hall–Kier alpha value is -1.42. The standard InChI is InChI=1S/C17H13Br2NO2S/c1-2-12-3-5-13(6-4-12)9-15(11-20)23(21,22)17-10-14(18)7-8-16(17)19/h3-10H,2H2,1H3. The van der Waals surface area contributed by atoms with Crippen LogP contribution in [0.15, 0.2) is 61.2 Å². The smallest absolute Gasteiger partial charge is 0.217 e. The molecule has 2 rings (SSSR count). The molecule has 0 unspecified atom stereocenters. The van der Waals surface area contributed by atoms with E-state index in [0.717, 1.165) is 12.0 Å². The lowest BCUT2D eigenvalue weighted by atomic mass is 10.1. The molecule has 0 saturated heterocycles. The van der Waals surface area contributed by atoms with E-state index in [2.05, 4.69) is 31.9 Å². The first-order valence-electron chi connectivity index (χ1n) is 6.79. The third-order valence-corrected chi connectivity index (χ3v) is 6.42. The fraction of sp³-hybridized carbons (Fsp3) is 0.118. The minimum absolute atomic E-state index is 0.0600. The van der Waals surface area contributed by atoms with E-state index in [9.17, 15) is 13.7 Å². The average molecular weight is 455 g/mol. The monoisotopic (exact) mass is 453 g/mol. The maximum absolute atomic E-state index is 12.7. The molecule has 0 heterocycles. The summed E-state index contributed by atoms with van der Waals surface area (Å²) < 4.78 is 26.5. The number of rotatable bonds is 4. The topological polar surface area (TPSA) is 57.9 Å². The Morgan fingerprint density at radius 1 is 1.17 bits per heavy atom. The summed E-state index contributed by atoms with van der Waals surface area (Å²) in [7, 11) is -3.90. The Labute approximate surface area is 152 Å². The molecule has 0 N–H and O–H groups in total. The van der Waals surface area contributed by atoms with Crippen LogP contribution in [-0.2, 0) is 16.3 Å². The number of hydrogen-bond acceptors (Lipinski definition) is 3. The van der Waals surface area contributed by atoms with E-state index < -0.39 is 9.84 Å². The van der Waals surface area contributed by atoms with Crippen molar-refractivity contribution in [1.82, 2.24) is 0 Å². The van der Waals surface area contributed by atoms with Gasteiger partial charge in [0, 0.05) is 8.95 Å². The Morgan fingerprint density at radius 2 is 1.83 bits per heavy atom. The molecule has 0 radical (unpaired) electrons. The number of sulfone groups is 1. The van der Waals surface area contributed by atoms with E-state index in [1.807, 2.05) is 31.2 Å². The van der Waals surface area contributed by atoms with Gasteiger partial charge in [-0.3, -0.25) is 0 Å². The summed E-state index contributed by atoms with van der Waals surface area (Å²) in [5.74, 6) is 0. The van der Waals surface area contributed by atoms with E-state index >= 15 is 0 Å². The number of benzene rings is 2. The Morgan fingerprint density at radius 3 is 2.39 bits per heavy atom. The van der Waals surface area contributed by atoms with E-state index in [1.54, 1.807) is 18.2 Å². The van der Waals surface area contributed by atoms with Crippen LogP contribution in [0.5, 0.6) is 0 Å². The summed E-state index contributed by atoms with van der Waals surface area (Å²) in [4.78, 5) is -0.231. The van der Waals surface area contributed by atoms with Crippen molar-refractivity contribution in [1.29, 1.82) is 5.26 Å². The maximum atomic E-state index is 12.7. The summed E-state index contributed by atoms with van der Waals surface area (Å²) in [6.07, 6.45) is 2.29. The molecule has 0 aliphatic heterocycles. The second-order valence-electron chi connectivity index (χ2n) is 4.79. The summed E-state index contributed by atoms with van der Waals surface area (Å²) in [6, 6.07) is 14.1. The van der Waals surface area contributed by atoms with Gasteiger partial charge in [-0.05, 0) is 57.8 Å². The van der Waals surface area contributed by atoms with E-state index in [1.165, 1.54) is 12.1 Å². The molecule has 0 spiro atoms. The summed E-state index contributed by atoms with van der Waals surface area (Å²) >= 11 is 6.49. The van der Waals surface area contributed by atoms with Crippen molar-refractivity contribution in [2.75, 3.05) is 0 Å². The van der Waals surface area contributed by atoms with E-state index in [4.69, 9.17) is 0 Å². The van der Waals surface area contributed by atoms with Gasteiger partial charge in [0.25, 0.3) is 0 Å². The maximum Gasteiger partial charge on any atom is 0.217 e. The van der Waals surface area contributed by atoms with Crippen LogP contribution in [0, 0.1) is 11.3 Å². The molecule has 0 aliphatic rings. The molecular formula is C17H13Br2NO2S. The molecular weight excluding hydrogens is 442 g/mol. The zero-order chi connectivity index (χ0) is 17.0. The molecule has 0 atom stereocenters. The number of allylic oxidation sites excluding steroid dienone is 1. The van der Waals surface area contributed by atoms with Crippen LogP contribution in [0.2, 0.25) is 0 Å². The molecule has 23 heavy (non-hydrogen) atoms. The lowest BCUT2D eigenvalue weighted by Crippen LogP contribution is -2.04. The van der Waals surface area contributed by atoms with Gasteiger partial charge in [-0.2, -0.15) is 5.26 Å². The highest BCUT2D eigenvalue weighted by Gasteiger charge is 2.23. The quantitative estimate of drug-likeness (QED) is 0.603. The molecule has 0 saturated carbocycles. The zero-order valence-electron chi connectivity index (χ0n) is 12.3. The van der Waals surface area contributed by atoms with Crippen LogP contribution in [-0.4, -0.2) is 8.42 Å². The highest BCUT2D eigenvalue weighted by Crippen LogP contribution is 2.30. The van der Waals surface area contributed by atoms with Crippen molar-refractivity contribution in [3.05, 3.63) is 67.4 Å². The second kappa shape index (κ2) is 7.43. The van der Waals surface area contributed by atoms with Gasteiger partial charge in [-0.1, -0.05) is 47.1 Å². The van der Waals surface area contributed by atoms with Crippen molar-refractivity contribution in [3.63, 3.8) is 0 Å². The minimum atomic E-state index is -3.90. The molecule has 118 valence electrons. The third kappa shape index (κ3) is 4.11. The lowest BCUT2D eigenvalue weighted by molar-refractivity contribution is 0.603. The minimum Gasteiger partial charge on any atom is -0.218 e. The Balaban J connectivity index is 2.52. The van der Waals surface area contributed by atoms with Gasteiger partial charge in [0.15, 0.2) is 0 Å². The largest absolute Gasteiger partial charge is 0.218 e. The van der Waals surface area contributed by atoms with Crippen LogP contribution < -0.4 is 0 Å². The van der Waals surface area contributed by atoms with E-state index in [-0.39, 0.29) is 9.80 Å². The molecule has 0 bridgehead atoms. The molecule has 0 aliphatic carbocycles. The van der Waals surface area contributed by atoms with Crippen LogP contribution in [0.1, 0.15) is 18.1 Å². The SMILES string of the molecule is CCc1ccc(C=C(C#N)S(=O)(=O)c2cc(Br)ccc2Br)cc1. The molecule has 3 nitrogen and oxygen atoms in total. The van der Waals surface area contributed by atoms with Crippen LogP contribution >= 0.6 is 31.9 Å². The number of aryl methyl sites for hydroxylation is 1. The van der Waals surface area contributed by atoms with Crippen molar-refractivity contribution in [2.24, 2.45) is 0 Å². The summed E-state index contributed by atoms with van der Waals surface area (Å²) in [5, 5.41) is 9.32. The molecule has 6 heteroatoms. The molecule has 2 aromatic carbocycles. The van der Waals surface area contributed by atoms with Crippen molar-refractivity contribution in [2.45, 2.75) is 18.2 Å². The number of hydrogen-bond donors (Lipinski definition) is 0. The number of nitriles is 1. The van der Waals surface area contributed by atoms with Crippen molar-refractivity contribution < 1.29 is 8.42 Å². The first-order valence-corrected chi connectivity index (χ1v) is 9.86. The lowest BCUT2D eigenvalue weighted by Gasteiger charge is -2.06. The van der Waals surface area contributed by atoms with Gasteiger partial charge < -0.3 is 0 Å². The third-order valence-electron chi connectivity index (χ3n) is 3.27. The molecule has 0 aromatic heterocycles. The summed E-state index contributed by atoms with van der Waals surface area (Å²) in [5.41, 5.74) is 1.83. The van der Waals surface area contributed by atoms with Gasteiger partial charge >= 0.3 is 0 Å².